The summed E-state index contributed by atoms with van der Waals surface area (Å²) in [7, 11) is 0. The number of benzene rings is 2. The summed E-state index contributed by atoms with van der Waals surface area (Å²) in [5.74, 6) is 0.395. The number of fused-ring (bicyclic) bond motifs is 1. The third-order valence-corrected chi connectivity index (χ3v) is 6.37. The highest BCUT2D eigenvalue weighted by molar-refractivity contribution is 5.82. The zero-order valence-corrected chi connectivity index (χ0v) is 19.9. The van der Waals surface area contributed by atoms with Gasteiger partial charge in [-0.25, -0.2) is 9.37 Å². The Kier molecular flexibility index (Phi) is 6.10. The van der Waals surface area contributed by atoms with Crippen LogP contribution in [0.2, 0.25) is 0 Å². The van der Waals surface area contributed by atoms with Gasteiger partial charge in [-0.3, -0.25) is 19.1 Å². The molecule has 174 valence electrons. The van der Waals surface area contributed by atoms with E-state index in [0.29, 0.717) is 42.0 Å². The summed E-state index contributed by atoms with van der Waals surface area (Å²) in [5.41, 5.74) is 0.613. The van der Waals surface area contributed by atoms with E-state index in [0.717, 1.165) is 0 Å². The fourth-order valence-electron chi connectivity index (χ4n) is 4.50. The fraction of sp³-hybridized carbons (Fsp3) is 0.423. The van der Waals surface area contributed by atoms with E-state index in [1.807, 2.05) is 50.8 Å². The Labute approximate surface area is 193 Å². The van der Waals surface area contributed by atoms with Gasteiger partial charge < -0.3 is 4.90 Å². The summed E-state index contributed by atoms with van der Waals surface area (Å²) < 4.78 is 15.2. The number of hydrogen-bond donors (Lipinski definition) is 0. The highest BCUT2D eigenvalue weighted by Crippen LogP contribution is 2.27. The van der Waals surface area contributed by atoms with Crippen molar-refractivity contribution in [3.63, 3.8) is 0 Å². The third-order valence-electron chi connectivity index (χ3n) is 6.37. The van der Waals surface area contributed by atoms with Crippen molar-refractivity contribution < 1.29 is 9.18 Å². The number of nitrogens with zero attached hydrogens (tertiary/aromatic N) is 4. The van der Waals surface area contributed by atoms with Crippen LogP contribution in [0.25, 0.3) is 16.6 Å². The van der Waals surface area contributed by atoms with Crippen LogP contribution in [0.5, 0.6) is 0 Å². The molecule has 0 aliphatic carbocycles. The highest BCUT2D eigenvalue weighted by atomic mass is 19.1. The Morgan fingerprint density at radius 2 is 1.76 bits per heavy atom. The molecule has 1 aliphatic heterocycles. The molecule has 0 saturated carbocycles. The Bertz CT molecular complexity index is 1230. The molecule has 3 aromatic rings. The smallest absolute Gasteiger partial charge is 0.266 e. The number of piperazine rings is 1. The maximum absolute atomic E-state index is 13.6. The van der Waals surface area contributed by atoms with Gasteiger partial charge in [0.15, 0.2) is 0 Å². The maximum Gasteiger partial charge on any atom is 0.266 e. The summed E-state index contributed by atoms with van der Waals surface area (Å²) in [6.07, 6.45) is 0. The van der Waals surface area contributed by atoms with Gasteiger partial charge in [0.05, 0.1) is 22.6 Å². The molecule has 0 radical (unpaired) electrons. The van der Waals surface area contributed by atoms with Crippen LogP contribution in [0.1, 0.15) is 46.5 Å². The molecule has 1 aliphatic rings. The second-order valence-corrected chi connectivity index (χ2v) is 9.87. The first-order valence-electron chi connectivity index (χ1n) is 11.4. The van der Waals surface area contributed by atoms with Crippen LogP contribution in [-0.4, -0.2) is 50.9 Å². The fourth-order valence-corrected chi connectivity index (χ4v) is 4.50. The molecular weight excluding hydrogens is 419 g/mol. The second-order valence-electron chi connectivity index (χ2n) is 9.87. The minimum Gasteiger partial charge on any atom is -0.337 e. The summed E-state index contributed by atoms with van der Waals surface area (Å²) in [4.78, 5) is 35.4. The number of hydrogen-bond acceptors (Lipinski definition) is 4. The van der Waals surface area contributed by atoms with Crippen LogP contribution in [-0.2, 0) is 4.79 Å². The van der Waals surface area contributed by atoms with E-state index >= 15 is 0 Å². The number of aromatic nitrogens is 2. The monoisotopic (exact) mass is 450 g/mol. The van der Waals surface area contributed by atoms with E-state index in [-0.39, 0.29) is 29.4 Å². The van der Waals surface area contributed by atoms with Gasteiger partial charge in [-0.2, -0.15) is 0 Å². The minimum absolute atomic E-state index is 0.0411. The topological polar surface area (TPSA) is 58.4 Å². The predicted octanol–water partition coefficient (Wildman–Crippen LogP) is 4.16. The second kappa shape index (κ2) is 8.71. The Hall–Kier alpha value is -3.06. The van der Waals surface area contributed by atoms with E-state index in [2.05, 4.69) is 11.8 Å². The van der Waals surface area contributed by atoms with Gasteiger partial charge in [0.25, 0.3) is 5.56 Å². The van der Waals surface area contributed by atoms with Crippen molar-refractivity contribution in [2.75, 3.05) is 19.6 Å². The number of halogens is 1. The largest absolute Gasteiger partial charge is 0.337 e. The van der Waals surface area contributed by atoms with Crippen molar-refractivity contribution in [1.29, 1.82) is 0 Å². The number of carbonyl (C=O) groups is 1. The number of carbonyl (C=O) groups excluding carboxylic acids is 1. The number of para-hydroxylation sites is 1. The molecule has 33 heavy (non-hydrogen) atoms. The molecule has 0 N–H and O–H groups in total. The summed E-state index contributed by atoms with van der Waals surface area (Å²) in [6, 6.07) is 13.1. The van der Waals surface area contributed by atoms with Crippen molar-refractivity contribution in [1.82, 2.24) is 19.4 Å². The summed E-state index contributed by atoms with van der Waals surface area (Å²) in [5, 5.41) is 0.520. The lowest BCUT2D eigenvalue weighted by Gasteiger charge is -2.44. The molecule has 1 fully saturated rings. The molecule has 1 saturated heterocycles. The standard InChI is InChI=1S/C26H31FN4O2/c1-17-16-29(14-15-30(17)25(33)26(3,4)5)18(2)23-28-22-9-7-6-8-21(22)24(32)31(23)20-12-10-19(27)11-13-20/h6-13,17-18H,14-16H2,1-5H3. The van der Waals surface area contributed by atoms with Crippen LogP contribution in [0, 0.1) is 11.2 Å². The molecule has 1 aromatic heterocycles. The molecule has 0 spiro atoms. The van der Waals surface area contributed by atoms with Crippen LogP contribution in [0.15, 0.2) is 53.3 Å². The van der Waals surface area contributed by atoms with Gasteiger partial charge in [-0.15, -0.1) is 0 Å². The molecule has 2 aromatic carbocycles. The van der Waals surface area contributed by atoms with Crippen LogP contribution >= 0.6 is 0 Å². The van der Waals surface area contributed by atoms with Gasteiger partial charge in [-0.05, 0) is 50.2 Å². The Morgan fingerprint density at radius 3 is 2.39 bits per heavy atom. The van der Waals surface area contributed by atoms with E-state index < -0.39 is 5.41 Å². The van der Waals surface area contributed by atoms with E-state index in [4.69, 9.17) is 4.98 Å². The highest BCUT2D eigenvalue weighted by Gasteiger charge is 2.36. The van der Waals surface area contributed by atoms with Crippen molar-refractivity contribution in [2.45, 2.75) is 46.7 Å². The van der Waals surface area contributed by atoms with Crippen molar-refractivity contribution in [3.05, 3.63) is 70.5 Å². The first-order valence-corrected chi connectivity index (χ1v) is 11.4. The molecular formula is C26H31FN4O2. The van der Waals surface area contributed by atoms with Gasteiger partial charge >= 0.3 is 0 Å². The minimum atomic E-state index is -0.426. The quantitative estimate of drug-likeness (QED) is 0.601. The maximum atomic E-state index is 13.6. The van der Waals surface area contributed by atoms with E-state index in [1.54, 1.807) is 22.8 Å². The Morgan fingerprint density at radius 1 is 1.09 bits per heavy atom. The SMILES string of the molecule is CC(c1nc2ccccc2c(=O)n1-c1ccc(F)cc1)N1CCN(C(=O)C(C)(C)C)C(C)C1. The Balaban J connectivity index is 1.73. The third kappa shape index (κ3) is 4.42. The van der Waals surface area contributed by atoms with Gasteiger partial charge in [0.2, 0.25) is 5.91 Å². The van der Waals surface area contributed by atoms with Gasteiger partial charge in [-0.1, -0.05) is 32.9 Å². The average molecular weight is 451 g/mol. The molecule has 2 atom stereocenters. The molecule has 4 rings (SSSR count). The van der Waals surface area contributed by atoms with E-state index in [1.165, 1.54) is 12.1 Å². The van der Waals surface area contributed by atoms with Gasteiger partial charge in [0.1, 0.15) is 11.6 Å². The van der Waals surface area contributed by atoms with Crippen molar-refractivity contribution in [3.8, 4) is 5.69 Å². The van der Waals surface area contributed by atoms with Crippen molar-refractivity contribution >= 4 is 16.8 Å². The first-order chi connectivity index (χ1) is 15.6. The molecule has 2 unspecified atom stereocenters. The average Bonchev–Trinajstić information content (AvgIpc) is 2.78. The molecule has 1 amide bonds. The molecule has 7 heteroatoms. The van der Waals surface area contributed by atoms with Crippen molar-refractivity contribution in [2.24, 2.45) is 5.41 Å². The van der Waals surface area contributed by atoms with Crippen LogP contribution < -0.4 is 5.56 Å². The normalized spacial score (nSPS) is 18.5. The zero-order chi connectivity index (χ0) is 23.9. The summed E-state index contributed by atoms with van der Waals surface area (Å²) >= 11 is 0. The van der Waals surface area contributed by atoms with E-state index in [9.17, 15) is 14.0 Å². The summed E-state index contributed by atoms with van der Waals surface area (Å²) in [6.45, 7) is 11.9. The number of rotatable bonds is 3. The van der Waals surface area contributed by atoms with Crippen LogP contribution in [0.3, 0.4) is 0 Å². The molecule has 6 nitrogen and oxygen atoms in total. The number of amides is 1. The zero-order valence-electron chi connectivity index (χ0n) is 19.9. The molecule has 2 heterocycles. The lowest BCUT2D eigenvalue weighted by atomic mass is 9.93. The lowest BCUT2D eigenvalue weighted by Crippen LogP contribution is -2.57. The first kappa shape index (κ1) is 23.1. The van der Waals surface area contributed by atoms with Crippen LogP contribution in [0.4, 0.5) is 4.39 Å². The molecule has 0 bridgehead atoms. The predicted molar refractivity (Wildman–Crippen MR) is 128 cm³/mol. The lowest BCUT2D eigenvalue weighted by molar-refractivity contribution is -0.144. The van der Waals surface area contributed by atoms with Gasteiger partial charge in [0, 0.05) is 31.1 Å².